The van der Waals surface area contributed by atoms with Crippen LogP contribution in [-0.2, 0) is 5.41 Å². The molecule has 1 aromatic heterocycles. The predicted octanol–water partition coefficient (Wildman–Crippen LogP) is 14.8. The highest BCUT2D eigenvalue weighted by Crippen LogP contribution is 2.54. The van der Waals surface area contributed by atoms with Gasteiger partial charge < -0.3 is 9.47 Å². The summed E-state index contributed by atoms with van der Waals surface area (Å²) < 4.78 is 2.52. The molecule has 0 aliphatic heterocycles. The maximum Gasteiger partial charge on any atom is 0.0544 e. The summed E-state index contributed by atoms with van der Waals surface area (Å²) in [4.78, 5) is 2.40. The molecule has 56 heavy (non-hydrogen) atoms. The van der Waals surface area contributed by atoms with Crippen molar-refractivity contribution in [3.63, 3.8) is 0 Å². The minimum Gasteiger partial charge on any atom is -0.310 e. The molecule has 266 valence electrons. The number of rotatable bonds is 5. The molecule has 0 saturated carbocycles. The Morgan fingerprint density at radius 3 is 1.88 bits per heavy atom. The van der Waals surface area contributed by atoms with Crippen LogP contribution in [0.4, 0.5) is 17.1 Å². The predicted molar refractivity (Wildman–Crippen MR) is 238 cm³/mol. The molecule has 0 spiro atoms. The maximum atomic E-state index is 2.52. The molecule has 0 radical (unpaired) electrons. The Balaban J connectivity index is 1.12. The van der Waals surface area contributed by atoms with Gasteiger partial charge in [0.15, 0.2) is 0 Å². The van der Waals surface area contributed by atoms with E-state index in [4.69, 9.17) is 0 Å². The quantitative estimate of drug-likeness (QED) is 0.172. The lowest BCUT2D eigenvalue weighted by Gasteiger charge is -2.28. The number of benzene rings is 9. The van der Waals surface area contributed by atoms with E-state index in [1.54, 1.807) is 0 Å². The van der Waals surface area contributed by atoms with Gasteiger partial charge in [-0.1, -0.05) is 141 Å². The van der Waals surface area contributed by atoms with Crippen molar-refractivity contribution in [2.75, 3.05) is 4.90 Å². The molecule has 1 aliphatic carbocycles. The monoisotopic (exact) mass is 716 g/mol. The number of fused-ring (bicyclic) bond motifs is 9. The molecule has 0 unspecified atom stereocenters. The van der Waals surface area contributed by atoms with E-state index in [1.165, 1.54) is 88.0 Å². The van der Waals surface area contributed by atoms with Crippen LogP contribution in [0, 0.1) is 6.92 Å². The average Bonchev–Trinajstić information content (AvgIpc) is 3.68. The molecular formula is C54H40N2. The molecule has 0 fully saturated rings. The van der Waals surface area contributed by atoms with E-state index in [0.29, 0.717) is 0 Å². The Bertz CT molecular complexity index is 3170. The highest BCUT2D eigenvalue weighted by Gasteiger charge is 2.38. The van der Waals surface area contributed by atoms with Crippen molar-refractivity contribution in [1.29, 1.82) is 0 Å². The van der Waals surface area contributed by atoms with Crippen LogP contribution in [0.1, 0.15) is 30.5 Å². The van der Waals surface area contributed by atoms with E-state index in [2.05, 4.69) is 218 Å². The lowest BCUT2D eigenvalue weighted by Crippen LogP contribution is -2.17. The number of anilines is 3. The summed E-state index contributed by atoms with van der Waals surface area (Å²) in [6, 6.07) is 69.5. The van der Waals surface area contributed by atoms with Gasteiger partial charge in [-0.15, -0.1) is 0 Å². The Morgan fingerprint density at radius 1 is 0.429 bits per heavy atom. The molecule has 0 amide bonds. The lowest BCUT2D eigenvalue weighted by atomic mass is 9.81. The van der Waals surface area contributed by atoms with Crippen molar-refractivity contribution in [1.82, 2.24) is 4.57 Å². The Labute approximate surface area is 327 Å². The molecule has 9 aromatic carbocycles. The van der Waals surface area contributed by atoms with Crippen LogP contribution in [0.15, 0.2) is 188 Å². The molecule has 0 saturated heterocycles. The Hall–Kier alpha value is -6.90. The summed E-state index contributed by atoms with van der Waals surface area (Å²) in [5, 5.41) is 7.58. The van der Waals surface area contributed by atoms with Crippen LogP contribution in [0.2, 0.25) is 0 Å². The maximum absolute atomic E-state index is 2.52. The van der Waals surface area contributed by atoms with Gasteiger partial charge in [0.2, 0.25) is 0 Å². The van der Waals surface area contributed by atoms with Gasteiger partial charge >= 0.3 is 0 Å². The van der Waals surface area contributed by atoms with Crippen molar-refractivity contribution < 1.29 is 0 Å². The van der Waals surface area contributed by atoms with Gasteiger partial charge in [0, 0.05) is 38.6 Å². The zero-order chi connectivity index (χ0) is 37.5. The van der Waals surface area contributed by atoms with Crippen molar-refractivity contribution in [2.45, 2.75) is 26.2 Å². The molecular weight excluding hydrogens is 677 g/mol. The Kier molecular flexibility index (Phi) is 7.15. The van der Waals surface area contributed by atoms with Crippen molar-refractivity contribution in [3.8, 4) is 27.9 Å². The standard InChI is InChI=1S/C54H40N2/c1-35-22-28-50-46(30-35)47-32-39(36-14-6-4-7-15-36)24-29-51(47)56(50)52-34-49-53(44-21-13-12-20-43(44)52)45-27-26-42(33-48(45)54(49,2)3)55(40-18-8-5-9-19-40)41-25-23-37-16-10-11-17-38(37)31-41/h4-34H,1-3H3. The van der Waals surface area contributed by atoms with E-state index < -0.39 is 0 Å². The molecule has 11 rings (SSSR count). The fourth-order valence-corrected chi connectivity index (χ4v) is 9.42. The summed E-state index contributed by atoms with van der Waals surface area (Å²) in [5.74, 6) is 0. The van der Waals surface area contributed by atoms with Gasteiger partial charge in [-0.05, 0) is 123 Å². The second-order valence-electron chi connectivity index (χ2n) is 15.9. The number of aromatic nitrogens is 1. The summed E-state index contributed by atoms with van der Waals surface area (Å²) >= 11 is 0. The molecule has 2 nitrogen and oxygen atoms in total. The van der Waals surface area contributed by atoms with Gasteiger partial charge in [-0.2, -0.15) is 0 Å². The molecule has 2 heteroatoms. The first-order valence-corrected chi connectivity index (χ1v) is 19.6. The first-order chi connectivity index (χ1) is 27.4. The summed E-state index contributed by atoms with van der Waals surface area (Å²) in [5.41, 5.74) is 16.0. The zero-order valence-corrected chi connectivity index (χ0v) is 31.8. The van der Waals surface area contributed by atoms with Crippen LogP contribution >= 0.6 is 0 Å². The minimum atomic E-state index is -0.249. The van der Waals surface area contributed by atoms with Gasteiger partial charge in [0.25, 0.3) is 0 Å². The van der Waals surface area contributed by atoms with Crippen LogP contribution in [0.3, 0.4) is 0 Å². The first-order valence-electron chi connectivity index (χ1n) is 19.6. The lowest BCUT2D eigenvalue weighted by molar-refractivity contribution is 0.660. The zero-order valence-electron chi connectivity index (χ0n) is 31.8. The number of aryl methyl sites for hydroxylation is 1. The largest absolute Gasteiger partial charge is 0.310 e. The van der Waals surface area contributed by atoms with Crippen LogP contribution in [0.25, 0.3) is 71.3 Å². The van der Waals surface area contributed by atoms with Gasteiger partial charge in [0.05, 0.1) is 16.7 Å². The molecule has 0 bridgehead atoms. The highest BCUT2D eigenvalue weighted by atomic mass is 15.1. The van der Waals surface area contributed by atoms with E-state index in [0.717, 1.165) is 17.1 Å². The first kappa shape index (κ1) is 32.5. The normalized spacial score (nSPS) is 13.1. The molecule has 0 atom stereocenters. The second kappa shape index (κ2) is 12.3. The number of hydrogen-bond donors (Lipinski definition) is 0. The van der Waals surface area contributed by atoms with Crippen LogP contribution in [-0.4, -0.2) is 4.57 Å². The van der Waals surface area contributed by atoms with Crippen LogP contribution in [0.5, 0.6) is 0 Å². The fraction of sp³-hybridized carbons (Fsp3) is 0.0741. The summed E-state index contributed by atoms with van der Waals surface area (Å²) in [7, 11) is 0. The highest BCUT2D eigenvalue weighted by molar-refractivity contribution is 6.14. The molecule has 1 aliphatic rings. The van der Waals surface area contributed by atoms with E-state index in [9.17, 15) is 0 Å². The third kappa shape index (κ3) is 4.89. The van der Waals surface area contributed by atoms with Crippen molar-refractivity contribution in [3.05, 3.63) is 205 Å². The number of nitrogens with zero attached hydrogens (tertiary/aromatic N) is 2. The third-order valence-electron chi connectivity index (χ3n) is 12.2. The van der Waals surface area contributed by atoms with Gasteiger partial charge in [0.1, 0.15) is 0 Å². The second-order valence-corrected chi connectivity index (χ2v) is 15.9. The van der Waals surface area contributed by atoms with Crippen LogP contribution < -0.4 is 4.90 Å². The average molecular weight is 717 g/mol. The molecule has 1 heterocycles. The molecule has 0 N–H and O–H groups in total. The van der Waals surface area contributed by atoms with Gasteiger partial charge in [-0.3, -0.25) is 0 Å². The van der Waals surface area contributed by atoms with E-state index >= 15 is 0 Å². The topological polar surface area (TPSA) is 8.17 Å². The summed E-state index contributed by atoms with van der Waals surface area (Å²) in [6.07, 6.45) is 0. The van der Waals surface area contributed by atoms with E-state index in [1.807, 2.05) is 0 Å². The van der Waals surface area contributed by atoms with Crippen molar-refractivity contribution >= 4 is 60.4 Å². The summed E-state index contributed by atoms with van der Waals surface area (Å²) in [6.45, 7) is 7.01. The SMILES string of the molecule is Cc1ccc2c(c1)c1cc(-c3ccccc3)ccc1n2-c1cc2c(c3ccccc13)-c1ccc(N(c3ccccc3)c3ccc4ccccc4c3)cc1C2(C)C. The number of hydrogen-bond acceptors (Lipinski definition) is 1. The van der Waals surface area contributed by atoms with E-state index in [-0.39, 0.29) is 5.41 Å². The fourth-order valence-electron chi connectivity index (χ4n) is 9.42. The third-order valence-corrected chi connectivity index (χ3v) is 12.2. The Morgan fingerprint density at radius 2 is 1.07 bits per heavy atom. The van der Waals surface area contributed by atoms with Gasteiger partial charge in [-0.25, -0.2) is 0 Å². The minimum absolute atomic E-state index is 0.249. The number of para-hydroxylation sites is 1. The van der Waals surface area contributed by atoms with Crippen molar-refractivity contribution in [2.24, 2.45) is 0 Å². The molecule has 10 aromatic rings. The smallest absolute Gasteiger partial charge is 0.0544 e.